The summed E-state index contributed by atoms with van der Waals surface area (Å²) in [5.41, 5.74) is 2.81. The van der Waals surface area contributed by atoms with Gasteiger partial charge in [-0.15, -0.1) is 0 Å². The minimum absolute atomic E-state index is 0.395. The van der Waals surface area contributed by atoms with E-state index in [2.05, 4.69) is 35.5 Å². The molecular formula is C13H18N2O. The molecule has 1 N–H and O–H groups in total. The Morgan fingerprint density at radius 2 is 2.25 bits per heavy atom. The summed E-state index contributed by atoms with van der Waals surface area (Å²) in [4.78, 5) is 2.28. The van der Waals surface area contributed by atoms with Crippen LogP contribution in [-0.4, -0.2) is 37.7 Å². The summed E-state index contributed by atoms with van der Waals surface area (Å²) in [5.74, 6) is 1.11. The van der Waals surface area contributed by atoms with E-state index >= 15 is 0 Å². The number of rotatable bonds is 2. The number of fused-ring (bicyclic) bond motifs is 1. The van der Waals surface area contributed by atoms with Gasteiger partial charge in [-0.05, 0) is 37.2 Å². The summed E-state index contributed by atoms with van der Waals surface area (Å²) in [6.07, 6.45) is 1.49. The summed E-state index contributed by atoms with van der Waals surface area (Å²) in [7, 11) is 2.13. The Morgan fingerprint density at radius 3 is 3.06 bits per heavy atom. The number of hydrogen-bond donors (Lipinski definition) is 1. The van der Waals surface area contributed by atoms with E-state index in [0.717, 1.165) is 38.3 Å². The topological polar surface area (TPSA) is 24.5 Å². The Hall–Kier alpha value is -1.06. The average Bonchev–Trinajstić information content (AvgIpc) is 2.27. The number of hydrogen-bond acceptors (Lipinski definition) is 3. The first-order valence-corrected chi connectivity index (χ1v) is 5.99. The van der Waals surface area contributed by atoms with Crippen LogP contribution in [0, 0.1) is 0 Å². The maximum Gasteiger partial charge on any atom is 0.124 e. The smallest absolute Gasteiger partial charge is 0.124 e. The molecule has 2 aliphatic heterocycles. The van der Waals surface area contributed by atoms with E-state index in [9.17, 15) is 0 Å². The Kier molecular flexibility index (Phi) is 2.58. The van der Waals surface area contributed by atoms with Gasteiger partial charge in [-0.3, -0.25) is 4.90 Å². The van der Waals surface area contributed by atoms with Crippen molar-refractivity contribution in [3.8, 4) is 5.75 Å². The molecule has 3 rings (SSSR count). The molecule has 0 amide bonds. The van der Waals surface area contributed by atoms with Crippen LogP contribution in [0.2, 0.25) is 0 Å². The maximum absolute atomic E-state index is 6.05. The second-order valence-corrected chi connectivity index (χ2v) is 4.78. The lowest BCUT2D eigenvalue weighted by atomic mass is 10.00. The van der Waals surface area contributed by atoms with Crippen molar-refractivity contribution in [2.24, 2.45) is 0 Å². The molecule has 0 radical (unpaired) electrons. The fourth-order valence-corrected chi connectivity index (χ4v) is 2.50. The third kappa shape index (κ3) is 1.81. The monoisotopic (exact) mass is 218 g/mol. The number of likely N-dealkylation sites (N-methyl/N-ethyl adjacent to an activating group) is 1. The molecule has 1 aromatic carbocycles. The summed E-state index contributed by atoms with van der Waals surface area (Å²) < 4.78 is 6.05. The molecular weight excluding hydrogens is 200 g/mol. The molecule has 0 spiro atoms. The molecule has 3 heteroatoms. The minimum Gasteiger partial charge on any atom is -0.487 e. The fourth-order valence-electron chi connectivity index (χ4n) is 2.50. The molecule has 0 unspecified atom stereocenters. The van der Waals surface area contributed by atoms with Crippen LogP contribution in [-0.2, 0) is 13.0 Å². The lowest BCUT2D eigenvalue weighted by Crippen LogP contribution is -2.51. The largest absolute Gasteiger partial charge is 0.487 e. The second-order valence-electron chi connectivity index (χ2n) is 4.78. The van der Waals surface area contributed by atoms with E-state index in [1.165, 1.54) is 11.1 Å². The lowest BCUT2D eigenvalue weighted by molar-refractivity contribution is 0.0380. The third-order valence-electron chi connectivity index (χ3n) is 3.42. The molecule has 3 nitrogen and oxygen atoms in total. The van der Waals surface area contributed by atoms with Gasteiger partial charge in [-0.1, -0.05) is 12.1 Å². The third-order valence-corrected chi connectivity index (χ3v) is 3.42. The van der Waals surface area contributed by atoms with Gasteiger partial charge in [0.05, 0.1) is 0 Å². The predicted octanol–water partition coefficient (Wildman–Crippen LogP) is 1.03. The van der Waals surface area contributed by atoms with Gasteiger partial charge in [0.25, 0.3) is 0 Å². The standard InChI is InChI=1S/C13H18N2O/c1-15-8-11(9-15)16-13-4-2-3-10-7-14-6-5-12(10)13/h2-4,11,14H,5-9H2,1H3. The zero-order valence-electron chi connectivity index (χ0n) is 9.70. The quantitative estimate of drug-likeness (QED) is 0.802. The maximum atomic E-state index is 6.05. The van der Waals surface area contributed by atoms with Crippen molar-refractivity contribution in [1.82, 2.24) is 10.2 Å². The van der Waals surface area contributed by atoms with Crippen LogP contribution in [0.5, 0.6) is 5.75 Å². The van der Waals surface area contributed by atoms with Crippen LogP contribution in [0.25, 0.3) is 0 Å². The Labute approximate surface area is 96.4 Å². The van der Waals surface area contributed by atoms with Crippen molar-refractivity contribution in [3.63, 3.8) is 0 Å². The van der Waals surface area contributed by atoms with Gasteiger partial charge in [0.15, 0.2) is 0 Å². The van der Waals surface area contributed by atoms with Gasteiger partial charge in [-0.2, -0.15) is 0 Å². The number of benzene rings is 1. The van der Waals surface area contributed by atoms with Crippen molar-refractivity contribution in [1.29, 1.82) is 0 Å². The SMILES string of the molecule is CN1CC(Oc2cccc3c2CCNC3)C1. The normalized spacial score (nSPS) is 21.3. The first-order valence-electron chi connectivity index (χ1n) is 5.99. The molecule has 0 aromatic heterocycles. The van der Waals surface area contributed by atoms with Crippen molar-refractivity contribution in [2.75, 3.05) is 26.7 Å². The molecule has 16 heavy (non-hydrogen) atoms. The highest BCUT2D eigenvalue weighted by molar-refractivity contribution is 5.42. The Morgan fingerprint density at radius 1 is 1.38 bits per heavy atom. The summed E-state index contributed by atoms with van der Waals surface area (Å²) in [5, 5.41) is 3.39. The van der Waals surface area contributed by atoms with Crippen LogP contribution >= 0.6 is 0 Å². The van der Waals surface area contributed by atoms with Crippen molar-refractivity contribution >= 4 is 0 Å². The molecule has 0 saturated carbocycles. The van der Waals surface area contributed by atoms with Gasteiger partial charge in [0.1, 0.15) is 11.9 Å². The zero-order valence-corrected chi connectivity index (χ0v) is 9.70. The first kappa shape index (κ1) is 10.1. The van der Waals surface area contributed by atoms with Crippen LogP contribution in [0.1, 0.15) is 11.1 Å². The first-order chi connectivity index (χ1) is 7.83. The zero-order chi connectivity index (χ0) is 11.0. The lowest BCUT2D eigenvalue weighted by Gasteiger charge is -2.36. The van der Waals surface area contributed by atoms with Crippen LogP contribution in [0.4, 0.5) is 0 Å². The molecule has 0 atom stereocenters. The van der Waals surface area contributed by atoms with E-state index < -0.39 is 0 Å². The van der Waals surface area contributed by atoms with Crippen LogP contribution in [0.15, 0.2) is 18.2 Å². The predicted molar refractivity (Wildman–Crippen MR) is 63.8 cm³/mol. The molecule has 0 aliphatic carbocycles. The summed E-state index contributed by atoms with van der Waals surface area (Å²) >= 11 is 0. The number of ether oxygens (including phenoxy) is 1. The molecule has 1 saturated heterocycles. The van der Waals surface area contributed by atoms with E-state index in [1.54, 1.807) is 0 Å². The number of nitrogens with zero attached hydrogens (tertiary/aromatic N) is 1. The Bertz CT molecular complexity index is 386. The highest BCUT2D eigenvalue weighted by Crippen LogP contribution is 2.27. The van der Waals surface area contributed by atoms with E-state index in [-0.39, 0.29) is 0 Å². The molecule has 0 bridgehead atoms. The summed E-state index contributed by atoms with van der Waals surface area (Å²) in [6.45, 7) is 4.17. The van der Waals surface area contributed by atoms with Gasteiger partial charge >= 0.3 is 0 Å². The van der Waals surface area contributed by atoms with Gasteiger partial charge in [-0.25, -0.2) is 0 Å². The van der Waals surface area contributed by atoms with Crippen LogP contribution < -0.4 is 10.1 Å². The summed E-state index contributed by atoms with van der Waals surface area (Å²) in [6, 6.07) is 6.41. The van der Waals surface area contributed by atoms with Crippen molar-refractivity contribution in [2.45, 2.75) is 19.1 Å². The molecule has 2 heterocycles. The Balaban J connectivity index is 1.78. The molecule has 1 fully saturated rings. The van der Waals surface area contributed by atoms with E-state index in [1.807, 2.05) is 0 Å². The average molecular weight is 218 g/mol. The number of likely N-dealkylation sites (tertiary alicyclic amines) is 1. The van der Waals surface area contributed by atoms with Gasteiger partial charge in [0.2, 0.25) is 0 Å². The highest BCUT2D eigenvalue weighted by atomic mass is 16.5. The molecule has 2 aliphatic rings. The number of nitrogens with one attached hydrogen (secondary N) is 1. The van der Waals surface area contributed by atoms with Crippen molar-refractivity contribution in [3.05, 3.63) is 29.3 Å². The molecule has 86 valence electrons. The molecule has 1 aromatic rings. The van der Waals surface area contributed by atoms with E-state index in [0.29, 0.717) is 6.10 Å². The van der Waals surface area contributed by atoms with E-state index in [4.69, 9.17) is 4.74 Å². The highest BCUT2D eigenvalue weighted by Gasteiger charge is 2.26. The van der Waals surface area contributed by atoms with Gasteiger partial charge < -0.3 is 10.1 Å². The van der Waals surface area contributed by atoms with Crippen LogP contribution in [0.3, 0.4) is 0 Å². The second kappa shape index (κ2) is 4.07. The fraction of sp³-hybridized carbons (Fsp3) is 0.538. The van der Waals surface area contributed by atoms with Gasteiger partial charge in [0, 0.05) is 19.6 Å². The van der Waals surface area contributed by atoms with Crippen molar-refractivity contribution < 1.29 is 4.74 Å². The minimum atomic E-state index is 0.395.